The van der Waals surface area contributed by atoms with Gasteiger partial charge in [-0.1, -0.05) is 157 Å². The standard InChI is InChI=1S/C68H51N4O.Pt/c1-3-16-48(17-4-1)57-26-15-27-58(49-18-5-2-6-19-49)67(57)71-44-70(63-30-11-12-31-64(63)71)53-22-14-23-54(42-53)73-55-32-33-60-59-25-9-10-29-62(59)72(65(60)43-55)66-41-50(34-35-69-66)68(51-37-45-36-46(39-51)40-52(68)38-45)61-28-13-21-47-20-7-8-24-56(47)61;/h1-35,41,44-46,51-52H,36-40H2;/q-3;. The van der Waals surface area contributed by atoms with Crippen molar-refractivity contribution in [1.82, 2.24) is 9.55 Å². The fourth-order valence-electron chi connectivity index (χ4n) is 14.3. The van der Waals surface area contributed by atoms with Crippen molar-refractivity contribution in [2.24, 2.45) is 23.7 Å². The van der Waals surface area contributed by atoms with Crippen LogP contribution in [0.15, 0.2) is 219 Å². The van der Waals surface area contributed by atoms with E-state index in [1.807, 2.05) is 12.1 Å². The topological polar surface area (TPSA) is 33.5 Å². The van der Waals surface area contributed by atoms with Gasteiger partial charge in [-0.15, -0.1) is 48.1 Å². The zero-order valence-corrected chi connectivity index (χ0v) is 43.0. The Bertz CT molecular complexity index is 3830. The molecule has 11 aromatic rings. The van der Waals surface area contributed by atoms with E-state index in [-0.39, 0.29) is 26.5 Å². The second-order valence-corrected chi connectivity index (χ2v) is 20.8. The third-order valence-electron chi connectivity index (χ3n) is 17.0. The van der Waals surface area contributed by atoms with Crippen molar-refractivity contribution in [3.05, 3.63) is 248 Å². The number of anilines is 4. The molecule has 4 bridgehead atoms. The Balaban J connectivity index is 0.00000505. The Morgan fingerprint density at radius 1 is 0.514 bits per heavy atom. The van der Waals surface area contributed by atoms with Crippen molar-refractivity contribution in [3.8, 4) is 39.6 Å². The van der Waals surface area contributed by atoms with Crippen LogP contribution in [0.2, 0.25) is 0 Å². The normalized spacial score (nSPS) is 20.5. The number of benzene rings is 9. The van der Waals surface area contributed by atoms with Gasteiger partial charge in [0.05, 0.1) is 0 Å². The van der Waals surface area contributed by atoms with Crippen molar-refractivity contribution >= 4 is 55.3 Å². The molecule has 6 heteroatoms. The summed E-state index contributed by atoms with van der Waals surface area (Å²) in [5.74, 6) is 4.99. The summed E-state index contributed by atoms with van der Waals surface area (Å²) in [6.07, 6.45) is 8.68. The van der Waals surface area contributed by atoms with E-state index >= 15 is 0 Å². The second kappa shape index (κ2) is 18.0. The van der Waals surface area contributed by atoms with Crippen molar-refractivity contribution in [2.45, 2.75) is 37.5 Å². The zero-order chi connectivity index (χ0) is 48.0. The average Bonchev–Trinajstić information content (AvgIpc) is 4.01. The molecule has 0 saturated heterocycles. The first-order chi connectivity index (χ1) is 36.2. The molecule has 0 atom stereocenters. The number of hydrogen-bond acceptors (Lipinski definition) is 4. The van der Waals surface area contributed by atoms with Crippen LogP contribution in [0.4, 0.5) is 22.7 Å². The van der Waals surface area contributed by atoms with Crippen molar-refractivity contribution in [3.63, 3.8) is 0 Å². The molecule has 4 aliphatic carbocycles. The molecule has 9 aromatic carbocycles. The molecule has 0 N–H and O–H groups in total. The first kappa shape index (κ1) is 44.9. The minimum Gasteiger partial charge on any atom is -0.509 e. The van der Waals surface area contributed by atoms with Crippen LogP contribution in [0.3, 0.4) is 0 Å². The molecule has 2 aromatic heterocycles. The second-order valence-electron chi connectivity index (χ2n) is 20.8. The largest absolute Gasteiger partial charge is 0.509 e. The van der Waals surface area contributed by atoms with Gasteiger partial charge in [-0.05, 0) is 125 Å². The smallest absolute Gasteiger partial charge is 0.135 e. The number of para-hydroxylation sites is 4. The van der Waals surface area contributed by atoms with Crippen LogP contribution in [-0.4, -0.2) is 9.55 Å². The summed E-state index contributed by atoms with van der Waals surface area (Å²) in [6, 6.07) is 83.9. The van der Waals surface area contributed by atoms with Gasteiger partial charge in [0.15, 0.2) is 0 Å². The van der Waals surface area contributed by atoms with Crippen LogP contribution in [-0.2, 0) is 26.5 Å². The number of pyridine rings is 1. The molecule has 0 unspecified atom stereocenters. The summed E-state index contributed by atoms with van der Waals surface area (Å²) in [6.45, 7) is 2.19. The Labute approximate surface area is 447 Å². The molecule has 4 fully saturated rings. The maximum atomic E-state index is 6.83. The summed E-state index contributed by atoms with van der Waals surface area (Å²) in [4.78, 5) is 9.78. The molecule has 0 spiro atoms. The Morgan fingerprint density at radius 2 is 1.12 bits per heavy atom. The van der Waals surface area contributed by atoms with Gasteiger partial charge in [0, 0.05) is 77.9 Å². The van der Waals surface area contributed by atoms with Crippen LogP contribution in [0.1, 0.15) is 43.2 Å². The van der Waals surface area contributed by atoms with E-state index in [4.69, 9.17) is 9.72 Å². The molecule has 0 radical (unpaired) electrons. The van der Waals surface area contributed by atoms with Crippen molar-refractivity contribution < 1.29 is 25.8 Å². The number of aromatic nitrogens is 2. The predicted octanol–water partition coefficient (Wildman–Crippen LogP) is 17.2. The quantitative estimate of drug-likeness (QED) is 0.135. The molecule has 4 saturated carbocycles. The molecule has 1 aliphatic heterocycles. The maximum Gasteiger partial charge on any atom is 0.135 e. The number of nitrogens with zero attached hydrogens (tertiary/aromatic N) is 4. The van der Waals surface area contributed by atoms with Gasteiger partial charge in [0.25, 0.3) is 0 Å². The van der Waals surface area contributed by atoms with Crippen molar-refractivity contribution in [1.29, 1.82) is 0 Å². The molecule has 5 nitrogen and oxygen atoms in total. The van der Waals surface area contributed by atoms with E-state index in [2.05, 4.69) is 240 Å². The third kappa shape index (κ3) is 7.11. The van der Waals surface area contributed by atoms with Gasteiger partial charge in [0.2, 0.25) is 0 Å². The Morgan fingerprint density at radius 3 is 1.86 bits per heavy atom. The van der Waals surface area contributed by atoms with Crippen LogP contribution in [0.5, 0.6) is 11.5 Å². The molecule has 362 valence electrons. The molecular formula is C68H51N4OPt-3. The first-order valence-corrected chi connectivity index (χ1v) is 26.0. The van der Waals surface area contributed by atoms with Gasteiger partial charge < -0.3 is 19.1 Å². The maximum absolute atomic E-state index is 6.83. The van der Waals surface area contributed by atoms with Crippen LogP contribution < -0.4 is 14.5 Å². The average molecular weight is 1140 g/mol. The van der Waals surface area contributed by atoms with E-state index in [0.717, 1.165) is 84.5 Å². The minimum atomic E-state index is -0.0939. The van der Waals surface area contributed by atoms with E-state index in [1.54, 1.807) is 0 Å². The summed E-state index contributed by atoms with van der Waals surface area (Å²) in [5, 5.41) is 4.98. The number of rotatable bonds is 9. The van der Waals surface area contributed by atoms with Crippen LogP contribution >= 0.6 is 0 Å². The number of ether oxygens (including phenoxy) is 1. The molecule has 0 amide bonds. The van der Waals surface area contributed by atoms with Crippen molar-refractivity contribution in [2.75, 3.05) is 9.80 Å². The van der Waals surface area contributed by atoms with Gasteiger partial charge in [-0.25, -0.2) is 4.98 Å². The van der Waals surface area contributed by atoms with Crippen LogP contribution in [0.25, 0.3) is 60.6 Å². The summed E-state index contributed by atoms with van der Waals surface area (Å²) in [5.41, 5.74) is 13.6. The van der Waals surface area contributed by atoms with Gasteiger partial charge in [0.1, 0.15) is 5.82 Å². The fourth-order valence-corrected chi connectivity index (χ4v) is 14.3. The first-order valence-electron chi connectivity index (χ1n) is 26.0. The molecular weight excluding hydrogens is 1080 g/mol. The van der Waals surface area contributed by atoms with Gasteiger partial charge >= 0.3 is 0 Å². The predicted molar refractivity (Wildman–Crippen MR) is 297 cm³/mol. The number of hydrogen-bond donors (Lipinski definition) is 0. The van der Waals surface area contributed by atoms with E-state index in [1.165, 1.54) is 54.0 Å². The molecule has 74 heavy (non-hydrogen) atoms. The monoisotopic (exact) mass is 1130 g/mol. The third-order valence-corrected chi connectivity index (χ3v) is 17.0. The summed E-state index contributed by atoms with van der Waals surface area (Å²) in [7, 11) is 0. The Hall–Kier alpha value is -7.72. The van der Waals surface area contributed by atoms with Gasteiger partial charge in [-0.2, -0.15) is 12.1 Å². The van der Waals surface area contributed by atoms with Crippen LogP contribution in [0, 0.1) is 42.5 Å². The summed E-state index contributed by atoms with van der Waals surface area (Å²) < 4.78 is 9.14. The number of fused-ring (bicyclic) bond motifs is 5. The van der Waals surface area contributed by atoms with E-state index < -0.39 is 0 Å². The zero-order valence-electron chi connectivity index (χ0n) is 40.7. The van der Waals surface area contributed by atoms with E-state index in [9.17, 15) is 0 Å². The summed E-state index contributed by atoms with van der Waals surface area (Å²) >= 11 is 0. The Kier molecular flexibility index (Phi) is 11.0. The molecule has 5 aliphatic rings. The molecule has 16 rings (SSSR count). The SMILES string of the molecule is [Pt].[c-]1c(Oc2[c-]c3c(cc2)c2ccccc2n3-c2cc(C3(c4cccc5ccccc45)C4CC5CC(C4)CC3C5)ccn2)cccc1N1[CH-]N(c2c(-c3ccccc3)cccc2-c2ccccc2)c2ccccc21. The molecule has 3 heterocycles. The minimum absolute atomic E-state index is 0. The fraction of sp³-hybridized carbons (Fsp3) is 0.147. The van der Waals surface area contributed by atoms with Gasteiger partial charge in [-0.3, -0.25) is 0 Å². The van der Waals surface area contributed by atoms with E-state index in [0.29, 0.717) is 23.3 Å².